The monoisotopic (exact) mass is 321 g/mol. The van der Waals surface area contributed by atoms with Crippen molar-refractivity contribution in [3.05, 3.63) is 24.2 Å². The molecule has 4 amide bonds. The van der Waals surface area contributed by atoms with E-state index in [-0.39, 0.29) is 12.5 Å². The molecule has 2 N–H and O–H groups in total. The Labute approximate surface area is 135 Å². The van der Waals surface area contributed by atoms with Crippen molar-refractivity contribution in [2.75, 3.05) is 13.1 Å². The number of unbranched alkanes of at least 4 members (excludes halogenated alkanes) is 3. The van der Waals surface area contributed by atoms with Gasteiger partial charge in [-0.25, -0.2) is 4.79 Å². The number of nitrogens with one attached hydrogen (secondary N) is 2. The normalized spacial score (nSPS) is 20.7. The minimum absolute atomic E-state index is 0.283. The molecule has 0 aliphatic carbocycles. The van der Waals surface area contributed by atoms with Crippen molar-refractivity contribution in [3.8, 4) is 0 Å². The molecule has 2 rings (SSSR count). The molecular weight excluding hydrogens is 298 g/mol. The number of carbonyl (C=O) groups is 3. The molecule has 23 heavy (non-hydrogen) atoms. The first kappa shape index (κ1) is 17.1. The Hall–Kier alpha value is -2.31. The van der Waals surface area contributed by atoms with Gasteiger partial charge in [0.2, 0.25) is 5.91 Å². The molecule has 0 spiro atoms. The van der Waals surface area contributed by atoms with Gasteiger partial charge in [0.05, 0.1) is 6.26 Å². The van der Waals surface area contributed by atoms with Gasteiger partial charge in [0.25, 0.3) is 5.91 Å². The van der Waals surface area contributed by atoms with Crippen molar-refractivity contribution in [2.45, 2.75) is 45.1 Å². The fraction of sp³-hybridized carbons (Fsp3) is 0.562. The average Bonchev–Trinajstić information content (AvgIpc) is 3.12. The lowest BCUT2D eigenvalue weighted by molar-refractivity contribution is -0.135. The standard InChI is InChI=1S/C16H23N3O4/c1-3-4-5-6-9-17-13(20)11-19-14(21)16(2,18-15(19)22)12-8-7-10-23-12/h7-8,10H,3-6,9,11H2,1-2H3,(H,17,20)(H,18,22). The van der Waals surface area contributed by atoms with E-state index in [0.717, 1.165) is 30.6 Å². The Morgan fingerprint density at radius 1 is 1.35 bits per heavy atom. The van der Waals surface area contributed by atoms with E-state index >= 15 is 0 Å². The Kier molecular flexibility index (Phi) is 5.41. The number of nitrogens with zero attached hydrogens (tertiary/aromatic N) is 1. The second-order valence-electron chi connectivity index (χ2n) is 5.83. The Morgan fingerprint density at radius 2 is 2.13 bits per heavy atom. The highest BCUT2D eigenvalue weighted by Crippen LogP contribution is 2.28. The van der Waals surface area contributed by atoms with Gasteiger partial charge in [0, 0.05) is 6.54 Å². The second kappa shape index (κ2) is 7.30. The maximum absolute atomic E-state index is 12.5. The number of furan rings is 1. The molecule has 1 aliphatic rings. The molecule has 1 atom stereocenters. The molecule has 126 valence electrons. The summed E-state index contributed by atoms with van der Waals surface area (Å²) in [7, 11) is 0. The molecule has 1 aromatic heterocycles. The molecule has 1 unspecified atom stereocenters. The predicted octanol–water partition coefficient (Wildman–Crippen LogP) is 1.74. The van der Waals surface area contributed by atoms with Gasteiger partial charge < -0.3 is 15.1 Å². The van der Waals surface area contributed by atoms with E-state index in [1.165, 1.54) is 6.26 Å². The predicted molar refractivity (Wildman–Crippen MR) is 83.5 cm³/mol. The molecule has 0 saturated carbocycles. The molecule has 0 aromatic carbocycles. The van der Waals surface area contributed by atoms with Crippen LogP contribution in [0.5, 0.6) is 0 Å². The van der Waals surface area contributed by atoms with Crippen LogP contribution in [0.3, 0.4) is 0 Å². The molecule has 7 heteroatoms. The van der Waals surface area contributed by atoms with Crippen molar-refractivity contribution >= 4 is 17.8 Å². The Bertz CT molecular complexity index is 570. The van der Waals surface area contributed by atoms with Gasteiger partial charge in [0.15, 0.2) is 5.54 Å². The molecular formula is C16H23N3O4. The van der Waals surface area contributed by atoms with Gasteiger partial charge in [-0.3, -0.25) is 14.5 Å². The first-order valence-corrected chi connectivity index (χ1v) is 7.94. The first-order valence-electron chi connectivity index (χ1n) is 7.94. The molecule has 7 nitrogen and oxygen atoms in total. The third-order valence-electron chi connectivity index (χ3n) is 3.94. The van der Waals surface area contributed by atoms with Crippen LogP contribution in [-0.4, -0.2) is 35.8 Å². The minimum Gasteiger partial charge on any atom is -0.466 e. The summed E-state index contributed by atoms with van der Waals surface area (Å²) in [5, 5.41) is 5.32. The fourth-order valence-electron chi connectivity index (χ4n) is 2.55. The number of hydrogen-bond acceptors (Lipinski definition) is 4. The van der Waals surface area contributed by atoms with E-state index < -0.39 is 17.5 Å². The molecule has 0 bridgehead atoms. The summed E-state index contributed by atoms with van der Waals surface area (Å²) in [6.45, 7) is 3.95. The summed E-state index contributed by atoms with van der Waals surface area (Å²) in [4.78, 5) is 37.3. The Balaban J connectivity index is 1.89. The van der Waals surface area contributed by atoms with Crippen molar-refractivity contribution in [3.63, 3.8) is 0 Å². The molecule has 2 heterocycles. The lowest BCUT2D eigenvalue weighted by atomic mass is 9.99. The van der Waals surface area contributed by atoms with E-state index in [1.54, 1.807) is 19.1 Å². The van der Waals surface area contributed by atoms with Gasteiger partial charge in [-0.1, -0.05) is 26.2 Å². The number of rotatable bonds is 8. The van der Waals surface area contributed by atoms with Crippen LogP contribution < -0.4 is 10.6 Å². The zero-order chi connectivity index (χ0) is 16.9. The average molecular weight is 321 g/mol. The topological polar surface area (TPSA) is 91.7 Å². The quantitative estimate of drug-likeness (QED) is 0.563. The number of imide groups is 1. The lowest BCUT2D eigenvalue weighted by Crippen LogP contribution is -2.43. The zero-order valence-electron chi connectivity index (χ0n) is 13.6. The minimum atomic E-state index is -1.26. The van der Waals surface area contributed by atoms with Gasteiger partial charge in [-0.05, 0) is 25.5 Å². The van der Waals surface area contributed by atoms with E-state index in [0.29, 0.717) is 12.3 Å². The summed E-state index contributed by atoms with van der Waals surface area (Å²) in [5.74, 6) is -0.481. The molecule has 1 saturated heterocycles. The van der Waals surface area contributed by atoms with Crippen LogP contribution in [0.1, 0.15) is 45.3 Å². The third-order valence-corrected chi connectivity index (χ3v) is 3.94. The van der Waals surface area contributed by atoms with Gasteiger partial charge in [-0.15, -0.1) is 0 Å². The van der Waals surface area contributed by atoms with Crippen molar-refractivity contribution in [2.24, 2.45) is 0 Å². The summed E-state index contributed by atoms with van der Waals surface area (Å²) >= 11 is 0. The lowest BCUT2D eigenvalue weighted by Gasteiger charge is -2.18. The maximum atomic E-state index is 12.5. The first-order chi connectivity index (χ1) is 11.0. The Morgan fingerprint density at radius 3 is 2.78 bits per heavy atom. The summed E-state index contributed by atoms with van der Waals surface area (Å²) in [6, 6.07) is 2.68. The molecule has 1 fully saturated rings. The maximum Gasteiger partial charge on any atom is 0.325 e. The van der Waals surface area contributed by atoms with Crippen molar-refractivity contribution < 1.29 is 18.8 Å². The van der Waals surface area contributed by atoms with E-state index in [4.69, 9.17) is 4.42 Å². The highest BCUT2D eigenvalue weighted by molar-refractivity contribution is 6.08. The number of amides is 4. The van der Waals surface area contributed by atoms with E-state index in [9.17, 15) is 14.4 Å². The van der Waals surface area contributed by atoms with Gasteiger partial charge >= 0.3 is 6.03 Å². The zero-order valence-corrected chi connectivity index (χ0v) is 13.6. The SMILES string of the molecule is CCCCCCNC(=O)CN1C(=O)NC(C)(c2ccco2)C1=O. The highest BCUT2D eigenvalue weighted by Gasteiger charge is 2.51. The molecule has 1 aromatic rings. The summed E-state index contributed by atoms with van der Waals surface area (Å²) in [6.07, 6.45) is 5.64. The van der Waals surface area contributed by atoms with Crippen LogP contribution >= 0.6 is 0 Å². The number of carbonyl (C=O) groups excluding carboxylic acids is 3. The largest absolute Gasteiger partial charge is 0.466 e. The van der Waals surface area contributed by atoms with Crippen molar-refractivity contribution in [1.29, 1.82) is 0 Å². The number of urea groups is 1. The molecule has 0 radical (unpaired) electrons. The summed E-state index contributed by atoms with van der Waals surface area (Å²) in [5.41, 5.74) is -1.26. The van der Waals surface area contributed by atoms with Crippen LogP contribution in [0.4, 0.5) is 4.79 Å². The third kappa shape index (κ3) is 3.72. The van der Waals surface area contributed by atoms with Crippen LogP contribution in [0.2, 0.25) is 0 Å². The highest BCUT2D eigenvalue weighted by atomic mass is 16.3. The van der Waals surface area contributed by atoms with Crippen LogP contribution in [0, 0.1) is 0 Å². The van der Waals surface area contributed by atoms with E-state index in [1.807, 2.05) is 0 Å². The second-order valence-corrected chi connectivity index (χ2v) is 5.83. The van der Waals surface area contributed by atoms with Crippen LogP contribution in [-0.2, 0) is 15.1 Å². The van der Waals surface area contributed by atoms with Crippen LogP contribution in [0.15, 0.2) is 22.8 Å². The van der Waals surface area contributed by atoms with Gasteiger partial charge in [-0.2, -0.15) is 0 Å². The van der Waals surface area contributed by atoms with Crippen LogP contribution in [0.25, 0.3) is 0 Å². The summed E-state index contributed by atoms with van der Waals surface area (Å²) < 4.78 is 5.23. The smallest absolute Gasteiger partial charge is 0.325 e. The van der Waals surface area contributed by atoms with E-state index in [2.05, 4.69) is 17.6 Å². The number of hydrogen-bond donors (Lipinski definition) is 2. The fourth-order valence-corrected chi connectivity index (χ4v) is 2.55. The van der Waals surface area contributed by atoms with Crippen molar-refractivity contribution in [1.82, 2.24) is 15.5 Å². The molecule has 1 aliphatic heterocycles. The van der Waals surface area contributed by atoms with Gasteiger partial charge in [0.1, 0.15) is 12.3 Å².